The summed E-state index contributed by atoms with van der Waals surface area (Å²) in [5.41, 5.74) is 2.42. The molecule has 1 aliphatic rings. The minimum absolute atomic E-state index is 0.220. The summed E-state index contributed by atoms with van der Waals surface area (Å²) < 4.78 is 26.8. The Balaban J connectivity index is 1.94. The Bertz CT molecular complexity index is 913. The molecule has 1 aliphatic heterocycles. The van der Waals surface area contributed by atoms with E-state index in [1.54, 1.807) is 42.5 Å². The van der Waals surface area contributed by atoms with Crippen LogP contribution in [0, 0.1) is 0 Å². The zero-order chi connectivity index (χ0) is 18.0. The maximum atomic E-state index is 12.8. The molecule has 0 radical (unpaired) electrons. The summed E-state index contributed by atoms with van der Waals surface area (Å²) in [4.78, 5) is 0.220. The molecule has 0 N–H and O–H groups in total. The zero-order valence-electron chi connectivity index (χ0n) is 13.2. The normalized spacial score (nSPS) is 15.2. The zero-order valence-corrected chi connectivity index (χ0v) is 16.4. The molecule has 2 aromatic carbocycles. The Kier molecular flexibility index (Phi) is 5.63. The van der Waals surface area contributed by atoms with Crippen molar-refractivity contribution in [2.45, 2.75) is 23.5 Å². The molecule has 0 aliphatic carbocycles. The molecule has 4 nitrogen and oxygen atoms in total. The average Bonchev–Trinajstić information content (AvgIpc) is 2.64. The molecule has 0 spiro atoms. The molecule has 2 aromatic rings. The Morgan fingerprint density at radius 3 is 2.44 bits per heavy atom. The van der Waals surface area contributed by atoms with Crippen molar-refractivity contribution >= 4 is 51.6 Å². The molecule has 8 heteroatoms. The minimum atomic E-state index is -3.68. The van der Waals surface area contributed by atoms with Gasteiger partial charge in [0.2, 0.25) is 0 Å². The monoisotopic (exact) mass is 414 g/mol. The van der Waals surface area contributed by atoms with Gasteiger partial charge in [-0.2, -0.15) is 30.6 Å². The van der Waals surface area contributed by atoms with Crippen molar-refractivity contribution in [3.63, 3.8) is 0 Å². The van der Waals surface area contributed by atoms with Crippen LogP contribution in [0.1, 0.15) is 24.0 Å². The van der Waals surface area contributed by atoms with Crippen LogP contribution in [0.3, 0.4) is 0 Å². The van der Waals surface area contributed by atoms with Crippen molar-refractivity contribution in [2.24, 2.45) is 5.10 Å². The summed E-state index contributed by atoms with van der Waals surface area (Å²) in [6.07, 6.45) is 1.37. The molecule has 0 fully saturated rings. The van der Waals surface area contributed by atoms with Crippen LogP contribution in [0.4, 0.5) is 0 Å². The molecule has 3 rings (SSSR count). The summed E-state index contributed by atoms with van der Waals surface area (Å²) in [5, 5.41) is 5.23. The van der Waals surface area contributed by atoms with Crippen molar-refractivity contribution in [1.29, 1.82) is 0 Å². The van der Waals surface area contributed by atoms with E-state index in [4.69, 9.17) is 23.2 Å². The van der Waals surface area contributed by atoms with E-state index in [2.05, 4.69) is 17.7 Å². The summed E-state index contributed by atoms with van der Waals surface area (Å²) in [6, 6.07) is 11.9. The van der Waals surface area contributed by atoms with Crippen LogP contribution in [0.15, 0.2) is 52.5 Å². The van der Waals surface area contributed by atoms with Gasteiger partial charge in [-0.05, 0) is 48.2 Å². The number of benzene rings is 2. The second-order valence-electron chi connectivity index (χ2n) is 5.63. The molecule has 0 atom stereocenters. The molecule has 0 unspecified atom stereocenters. The average molecular weight is 415 g/mol. The van der Waals surface area contributed by atoms with Gasteiger partial charge >= 0.3 is 0 Å². The third kappa shape index (κ3) is 3.97. The SMILES string of the molecule is O=S(=O)(c1ccc(CS)cc1)N1CCCC(c2ccc(Cl)c(Cl)c2)=N1. The largest absolute Gasteiger partial charge is 0.279 e. The first-order valence-electron chi connectivity index (χ1n) is 7.67. The molecule has 0 bridgehead atoms. The number of thiol groups is 1. The van der Waals surface area contributed by atoms with E-state index in [1.165, 1.54) is 0 Å². The van der Waals surface area contributed by atoms with Crippen LogP contribution in [0.5, 0.6) is 0 Å². The van der Waals surface area contributed by atoms with Gasteiger partial charge in [0.1, 0.15) is 0 Å². The van der Waals surface area contributed by atoms with Crippen molar-refractivity contribution in [2.75, 3.05) is 6.54 Å². The fourth-order valence-corrected chi connectivity index (χ4v) is 4.36. The predicted molar refractivity (Wildman–Crippen MR) is 105 cm³/mol. The van der Waals surface area contributed by atoms with Gasteiger partial charge in [0.05, 0.1) is 27.2 Å². The van der Waals surface area contributed by atoms with Crippen molar-refractivity contribution in [1.82, 2.24) is 4.41 Å². The second-order valence-corrected chi connectivity index (χ2v) is 8.61. The number of sulfonamides is 1. The van der Waals surface area contributed by atoms with Crippen LogP contribution in [-0.2, 0) is 15.8 Å². The van der Waals surface area contributed by atoms with Crippen LogP contribution >= 0.6 is 35.8 Å². The Morgan fingerprint density at radius 1 is 1.08 bits per heavy atom. The lowest BCUT2D eigenvalue weighted by Gasteiger charge is -2.25. The summed E-state index contributed by atoms with van der Waals surface area (Å²) in [7, 11) is -3.68. The fraction of sp³-hybridized carbons (Fsp3) is 0.235. The van der Waals surface area contributed by atoms with Gasteiger partial charge in [-0.1, -0.05) is 41.4 Å². The van der Waals surface area contributed by atoms with Gasteiger partial charge in [-0.3, -0.25) is 0 Å². The third-order valence-corrected chi connectivity index (χ3v) is 6.72. The van der Waals surface area contributed by atoms with E-state index >= 15 is 0 Å². The van der Waals surface area contributed by atoms with Gasteiger partial charge in [-0.15, -0.1) is 0 Å². The van der Waals surface area contributed by atoms with Crippen LogP contribution < -0.4 is 0 Å². The van der Waals surface area contributed by atoms with Gasteiger partial charge < -0.3 is 0 Å². The highest BCUT2D eigenvalue weighted by molar-refractivity contribution is 7.89. The lowest BCUT2D eigenvalue weighted by atomic mass is 10.1. The smallest absolute Gasteiger partial charge is 0.200 e. The van der Waals surface area contributed by atoms with Gasteiger partial charge in [0, 0.05) is 5.75 Å². The van der Waals surface area contributed by atoms with E-state index in [0.29, 0.717) is 40.9 Å². The van der Waals surface area contributed by atoms with E-state index in [0.717, 1.165) is 15.5 Å². The molecular weight excluding hydrogens is 399 g/mol. The molecule has 132 valence electrons. The molecule has 0 saturated carbocycles. The van der Waals surface area contributed by atoms with Crippen molar-refractivity contribution in [3.8, 4) is 0 Å². The van der Waals surface area contributed by atoms with Crippen LogP contribution in [-0.4, -0.2) is 25.1 Å². The van der Waals surface area contributed by atoms with E-state index in [9.17, 15) is 8.42 Å². The molecule has 0 aromatic heterocycles. The molecule has 0 amide bonds. The summed E-state index contributed by atoms with van der Waals surface area (Å²) in [6.45, 7) is 0.349. The lowest BCUT2D eigenvalue weighted by Crippen LogP contribution is -2.32. The van der Waals surface area contributed by atoms with Crippen molar-refractivity contribution < 1.29 is 8.42 Å². The number of nitrogens with zero attached hydrogens (tertiary/aromatic N) is 2. The fourth-order valence-electron chi connectivity index (χ4n) is 2.56. The summed E-state index contributed by atoms with van der Waals surface area (Å²) in [5.74, 6) is 0.559. The number of hydrogen-bond donors (Lipinski definition) is 1. The quantitative estimate of drug-likeness (QED) is 0.742. The topological polar surface area (TPSA) is 49.7 Å². The van der Waals surface area contributed by atoms with Gasteiger partial charge in [-0.25, -0.2) is 0 Å². The van der Waals surface area contributed by atoms with E-state index < -0.39 is 10.0 Å². The summed E-state index contributed by atoms with van der Waals surface area (Å²) >= 11 is 16.2. The Hall–Kier alpha value is -1.21. The van der Waals surface area contributed by atoms with Gasteiger partial charge in [0.15, 0.2) is 0 Å². The Labute approximate surface area is 162 Å². The predicted octanol–water partition coefficient (Wildman–Crippen LogP) is 4.61. The number of hydrogen-bond acceptors (Lipinski definition) is 4. The standard InChI is InChI=1S/C17H16Cl2N2O2S2/c18-15-8-5-13(10-16(15)19)17-2-1-9-21(20-17)25(22,23)14-6-3-12(11-24)4-7-14/h3-8,10,24H,1-2,9,11H2. The highest BCUT2D eigenvalue weighted by Gasteiger charge is 2.26. The van der Waals surface area contributed by atoms with Gasteiger partial charge in [0.25, 0.3) is 10.0 Å². The second kappa shape index (κ2) is 7.58. The maximum absolute atomic E-state index is 12.8. The minimum Gasteiger partial charge on any atom is -0.200 e. The maximum Gasteiger partial charge on any atom is 0.279 e. The van der Waals surface area contributed by atoms with E-state index in [1.807, 2.05) is 0 Å². The first-order chi connectivity index (χ1) is 11.9. The lowest BCUT2D eigenvalue weighted by molar-refractivity contribution is 0.410. The highest BCUT2D eigenvalue weighted by Crippen LogP contribution is 2.26. The van der Waals surface area contributed by atoms with Crippen LogP contribution in [0.2, 0.25) is 10.0 Å². The number of rotatable bonds is 4. The first kappa shape index (κ1) is 18.6. The first-order valence-corrected chi connectivity index (χ1v) is 10.5. The molecule has 1 heterocycles. The Morgan fingerprint density at radius 2 is 1.80 bits per heavy atom. The number of halogens is 2. The van der Waals surface area contributed by atoms with Crippen LogP contribution in [0.25, 0.3) is 0 Å². The third-order valence-electron chi connectivity index (χ3n) is 3.93. The highest BCUT2D eigenvalue weighted by atomic mass is 35.5. The molecule has 0 saturated heterocycles. The molecular formula is C17H16Cl2N2O2S2. The van der Waals surface area contributed by atoms with Crippen molar-refractivity contribution in [3.05, 3.63) is 63.6 Å². The molecule has 25 heavy (non-hydrogen) atoms. The van der Waals surface area contributed by atoms with E-state index in [-0.39, 0.29) is 4.90 Å². The number of hydrazone groups is 1.